The Morgan fingerprint density at radius 3 is 2.75 bits per heavy atom. The number of rotatable bonds is 4. The molecule has 1 aliphatic heterocycles. The van der Waals surface area contributed by atoms with Crippen LogP contribution in [0.2, 0.25) is 0 Å². The van der Waals surface area contributed by atoms with Gasteiger partial charge in [0.05, 0.1) is 11.9 Å². The minimum atomic E-state index is -0.153. The zero-order chi connectivity index (χ0) is 16.2. The van der Waals surface area contributed by atoms with Gasteiger partial charge in [0, 0.05) is 43.4 Å². The molecule has 2 aromatic rings. The predicted octanol–water partition coefficient (Wildman–Crippen LogP) is 2.75. The van der Waals surface area contributed by atoms with Crippen molar-refractivity contribution in [3.8, 4) is 0 Å². The fraction of sp³-hybridized carbons (Fsp3) is 0.375. The van der Waals surface area contributed by atoms with Gasteiger partial charge in [-0.25, -0.2) is 4.98 Å². The highest BCUT2D eigenvalue weighted by molar-refractivity contribution is 9.10. The Hall–Kier alpha value is -1.57. The van der Waals surface area contributed by atoms with E-state index in [1.807, 2.05) is 42.1 Å². The summed E-state index contributed by atoms with van der Waals surface area (Å²) in [6.45, 7) is 6.67. The van der Waals surface area contributed by atoms with Crippen LogP contribution in [0.25, 0.3) is 0 Å². The van der Waals surface area contributed by atoms with E-state index in [1.54, 1.807) is 0 Å². The van der Waals surface area contributed by atoms with Crippen molar-refractivity contribution in [3.63, 3.8) is 0 Å². The maximum absolute atomic E-state index is 12.4. The van der Waals surface area contributed by atoms with Crippen molar-refractivity contribution in [1.29, 1.82) is 0 Å². The van der Waals surface area contributed by atoms with Gasteiger partial charge in [-0.3, -0.25) is 4.79 Å². The largest absolute Gasteiger partial charge is 0.368 e. The van der Waals surface area contributed by atoms with Crippen molar-refractivity contribution in [2.24, 2.45) is 0 Å². The molecule has 8 heteroatoms. The topological polar surface area (TPSA) is 62.2 Å². The molecule has 3 heterocycles. The van der Waals surface area contributed by atoms with Crippen LogP contribution in [0.5, 0.6) is 0 Å². The van der Waals surface area contributed by atoms with Crippen molar-refractivity contribution in [2.45, 2.75) is 13.5 Å². The third-order valence-corrected chi connectivity index (χ3v) is 4.34. The minimum Gasteiger partial charge on any atom is -0.368 e. The van der Waals surface area contributed by atoms with Crippen LogP contribution in [-0.2, 0) is 6.54 Å². The number of hydrogen-bond acceptors (Lipinski definition) is 4. The fourth-order valence-corrected chi connectivity index (χ4v) is 3.14. The second-order valence-corrected chi connectivity index (χ2v) is 6.34. The van der Waals surface area contributed by atoms with E-state index in [9.17, 15) is 4.79 Å². The number of piperazine rings is 1. The summed E-state index contributed by atoms with van der Waals surface area (Å²) in [7, 11) is 0. The molecule has 0 bridgehead atoms. The number of hydrogen-bond donors (Lipinski definition) is 2. The van der Waals surface area contributed by atoms with E-state index in [4.69, 9.17) is 0 Å². The van der Waals surface area contributed by atoms with Crippen LogP contribution < -0.4 is 15.5 Å². The van der Waals surface area contributed by atoms with Crippen LogP contribution in [0.1, 0.15) is 17.4 Å². The maximum Gasteiger partial charge on any atom is 0.273 e. The van der Waals surface area contributed by atoms with Crippen LogP contribution >= 0.6 is 28.3 Å². The summed E-state index contributed by atoms with van der Waals surface area (Å²) in [4.78, 5) is 19.0. The second-order valence-electron chi connectivity index (χ2n) is 5.42. The van der Waals surface area contributed by atoms with Crippen LogP contribution in [0, 0.1) is 0 Å². The summed E-state index contributed by atoms with van der Waals surface area (Å²) in [5.74, 6) is 0.411. The number of amides is 1. The Morgan fingerprint density at radius 2 is 2.12 bits per heavy atom. The van der Waals surface area contributed by atoms with Crippen LogP contribution in [0.4, 0.5) is 11.5 Å². The molecular weight excluding hydrogens is 394 g/mol. The van der Waals surface area contributed by atoms with E-state index < -0.39 is 0 Å². The monoisotopic (exact) mass is 413 g/mol. The highest BCUT2D eigenvalue weighted by Gasteiger charge is 2.14. The number of nitrogens with zero attached hydrogens (tertiary/aromatic N) is 3. The van der Waals surface area contributed by atoms with Gasteiger partial charge in [-0.05, 0) is 41.1 Å². The highest BCUT2D eigenvalue weighted by atomic mass is 79.9. The molecule has 1 amide bonds. The maximum atomic E-state index is 12.4. The normalized spacial score (nSPS) is 14.2. The molecule has 3 rings (SSSR count). The van der Waals surface area contributed by atoms with Crippen molar-refractivity contribution in [2.75, 3.05) is 36.4 Å². The van der Waals surface area contributed by atoms with Gasteiger partial charge < -0.3 is 20.1 Å². The first kappa shape index (κ1) is 18.8. The van der Waals surface area contributed by atoms with Gasteiger partial charge in [0.2, 0.25) is 0 Å². The number of aromatic nitrogens is 2. The lowest BCUT2D eigenvalue weighted by Crippen LogP contribution is -2.43. The van der Waals surface area contributed by atoms with Crippen molar-refractivity contribution < 1.29 is 4.79 Å². The van der Waals surface area contributed by atoms with Gasteiger partial charge in [0.25, 0.3) is 5.91 Å². The predicted molar refractivity (Wildman–Crippen MR) is 102 cm³/mol. The minimum absolute atomic E-state index is 0. The molecular formula is C16H21BrClN5O. The van der Waals surface area contributed by atoms with Crippen LogP contribution in [0.3, 0.4) is 0 Å². The number of halogens is 2. The van der Waals surface area contributed by atoms with Gasteiger partial charge in [0.1, 0.15) is 11.5 Å². The first-order valence-electron chi connectivity index (χ1n) is 7.76. The molecule has 0 atom stereocenters. The second kappa shape index (κ2) is 8.50. The van der Waals surface area contributed by atoms with Gasteiger partial charge >= 0.3 is 0 Å². The molecule has 1 aliphatic rings. The summed E-state index contributed by atoms with van der Waals surface area (Å²) in [6.07, 6.45) is 3.71. The molecule has 0 aliphatic carbocycles. The van der Waals surface area contributed by atoms with Crippen molar-refractivity contribution >= 4 is 45.7 Å². The summed E-state index contributed by atoms with van der Waals surface area (Å²) in [5, 5.41) is 6.18. The van der Waals surface area contributed by atoms with E-state index in [0.29, 0.717) is 11.5 Å². The van der Waals surface area contributed by atoms with Gasteiger partial charge in [-0.1, -0.05) is 0 Å². The van der Waals surface area contributed by atoms with Crippen molar-refractivity contribution in [1.82, 2.24) is 14.9 Å². The lowest BCUT2D eigenvalue weighted by molar-refractivity contribution is 0.101. The van der Waals surface area contributed by atoms with E-state index in [1.165, 1.54) is 0 Å². The van der Waals surface area contributed by atoms with E-state index in [-0.39, 0.29) is 18.3 Å². The lowest BCUT2D eigenvalue weighted by atomic mass is 10.3. The summed E-state index contributed by atoms with van der Waals surface area (Å²) in [5.41, 5.74) is 1.71. The van der Waals surface area contributed by atoms with Gasteiger partial charge in [-0.2, -0.15) is 0 Å². The summed E-state index contributed by atoms with van der Waals surface area (Å²) >= 11 is 3.40. The molecule has 0 unspecified atom stereocenters. The number of anilines is 2. The molecule has 0 saturated carbocycles. The Labute approximate surface area is 156 Å². The number of carbonyl (C=O) groups excluding carboxylic acids is 1. The standard InChI is InChI=1S/C16H20BrN5O.ClH/c1-2-21-11-12(17)9-14(21)16(23)20-15-4-3-13(10-19-15)22-7-5-18-6-8-22;/h3-4,9-11,18H,2,5-8H2,1H3,(H,19,20,23);1H. The SMILES string of the molecule is CCn1cc(Br)cc1C(=O)Nc1ccc(N2CCNCC2)cn1.Cl. The Kier molecular flexibility index (Phi) is 6.65. The number of nitrogens with one attached hydrogen (secondary N) is 2. The lowest BCUT2D eigenvalue weighted by Gasteiger charge is -2.29. The number of aryl methyl sites for hydroxylation is 1. The average molecular weight is 415 g/mol. The first-order valence-corrected chi connectivity index (χ1v) is 8.55. The highest BCUT2D eigenvalue weighted by Crippen LogP contribution is 2.18. The van der Waals surface area contributed by atoms with Crippen LogP contribution in [-0.4, -0.2) is 41.6 Å². The number of carbonyl (C=O) groups is 1. The molecule has 6 nitrogen and oxygen atoms in total. The molecule has 2 N–H and O–H groups in total. The fourth-order valence-electron chi connectivity index (χ4n) is 2.68. The van der Waals surface area contributed by atoms with Crippen LogP contribution in [0.15, 0.2) is 35.1 Å². The first-order chi connectivity index (χ1) is 11.2. The molecule has 1 saturated heterocycles. The Morgan fingerprint density at radius 1 is 1.38 bits per heavy atom. The van der Waals surface area contributed by atoms with E-state index in [0.717, 1.165) is 42.9 Å². The molecule has 0 radical (unpaired) electrons. The Bertz CT molecular complexity index is 682. The molecule has 24 heavy (non-hydrogen) atoms. The third-order valence-electron chi connectivity index (χ3n) is 3.91. The molecule has 0 spiro atoms. The molecule has 2 aromatic heterocycles. The van der Waals surface area contributed by atoms with Gasteiger partial charge in [-0.15, -0.1) is 12.4 Å². The molecule has 1 fully saturated rings. The Balaban J connectivity index is 0.00000208. The summed E-state index contributed by atoms with van der Waals surface area (Å²) in [6, 6.07) is 5.67. The summed E-state index contributed by atoms with van der Waals surface area (Å²) < 4.78 is 2.79. The third kappa shape index (κ3) is 4.28. The van der Waals surface area contributed by atoms with E-state index in [2.05, 4.69) is 36.4 Å². The number of pyridine rings is 1. The smallest absolute Gasteiger partial charge is 0.273 e. The molecule has 130 valence electrons. The zero-order valence-corrected chi connectivity index (χ0v) is 15.9. The van der Waals surface area contributed by atoms with E-state index >= 15 is 0 Å². The quantitative estimate of drug-likeness (QED) is 0.807. The average Bonchev–Trinajstić information content (AvgIpc) is 2.97. The molecule has 0 aromatic carbocycles. The zero-order valence-electron chi connectivity index (χ0n) is 13.5. The van der Waals surface area contributed by atoms with Gasteiger partial charge in [0.15, 0.2) is 0 Å². The van der Waals surface area contributed by atoms with Crippen molar-refractivity contribution in [3.05, 3.63) is 40.8 Å².